The topological polar surface area (TPSA) is 34.9 Å². The first-order chi connectivity index (χ1) is 4.22. The van der Waals surface area contributed by atoms with Crippen LogP contribution in [0, 0.1) is 0 Å². The Morgan fingerprint density at radius 1 is 1.78 bits per heavy atom. The number of hydrogen-bond acceptors (Lipinski definition) is 2. The summed E-state index contributed by atoms with van der Waals surface area (Å²) < 4.78 is 1.56. The summed E-state index contributed by atoms with van der Waals surface area (Å²) in [5.41, 5.74) is 0.648. The molecular formula is C6H8N2O. The van der Waals surface area contributed by atoms with E-state index in [2.05, 4.69) is 5.10 Å². The molecule has 9 heavy (non-hydrogen) atoms. The van der Waals surface area contributed by atoms with Gasteiger partial charge in [0.15, 0.2) is 5.78 Å². The van der Waals surface area contributed by atoms with Crippen molar-refractivity contribution in [2.45, 2.75) is 6.92 Å². The lowest BCUT2D eigenvalue weighted by atomic mass is 10.3. The molecule has 3 heteroatoms. The summed E-state index contributed by atoms with van der Waals surface area (Å²) in [7, 11) is 1.75. The lowest BCUT2D eigenvalue weighted by Crippen LogP contribution is -2.01. The van der Waals surface area contributed by atoms with Crippen LogP contribution in [0.15, 0.2) is 12.3 Å². The zero-order valence-corrected chi connectivity index (χ0v) is 5.46. The van der Waals surface area contributed by atoms with Gasteiger partial charge in [-0.3, -0.25) is 9.48 Å². The number of nitrogens with zero attached hydrogens (tertiary/aromatic N) is 2. The van der Waals surface area contributed by atoms with Crippen LogP contribution in [0.4, 0.5) is 0 Å². The van der Waals surface area contributed by atoms with Crippen LogP contribution in [0.3, 0.4) is 0 Å². The Bertz CT molecular complexity index is 227. The van der Waals surface area contributed by atoms with Crippen LogP contribution in [0.5, 0.6) is 0 Å². The molecule has 1 rings (SSSR count). The standard InChI is InChI=1S/C6H8N2O/c1-5(9)6-3-4-7-8(6)2/h3-4H,1-2H3. The molecule has 1 heterocycles. The van der Waals surface area contributed by atoms with Crippen LogP contribution >= 0.6 is 0 Å². The molecule has 0 aliphatic carbocycles. The second-order valence-corrected chi connectivity index (χ2v) is 1.90. The molecule has 0 aliphatic heterocycles. The molecule has 0 saturated carbocycles. The van der Waals surface area contributed by atoms with Crippen molar-refractivity contribution in [2.24, 2.45) is 7.05 Å². The molecule has 0 bridgehead atoms. The van der Waals surface area contributed by atoms with Gasteiger partial charge in [-0.2, -0.15) is 5.10 Å². The highest BCUT2D eigenvalue weighted by Crippen LogP contribution is 1.95. The van der Waals surface area contributed by atoms with E-state index in [-0.39, 0.29) is 5.78 Å². The molecule has 0 atom stereocenters. The van der Waals surface area contributed by atoms with Crippen LogP contribution in [-0.4, -0.2) is 15.6 Å². The van der Waals surface area contributed by atoms with Crippen LogP contribution in [0.25, 0.3) is 0 Å². The number of aryl methyl sites for hydroxylation is 1. The van der Waals surface area contributed by atoms with E-state index in [0.717, 1.165) is 0 Å². The summed E-state index contributed by atoms with van der Waals surface area (Å²) in [5.74, 6) is 0.0509. The second-order valence-electron chi connectivity index (χ2n) is 1.90. The lowest BCUT2D eigenvalue weighted by molar-refractivity contribution is 0.100. The third kappa shape index (κ3) is 0.988. The molecule has 3 nitrogen and oxygen atoms in total. The van der Waals surface area contributed by atoms with E-state index in [1.165, 1.54) is 6.92 Å². The summed E-state index contributed by atoms with van der Waals surface area (Å²) >= 11 is 0. The predicted octanol–water partition coefficient (Wildman–Crippen LogP) is 0.623. The van der Waals surface area contributed by atoms with Gasteiger partial charge < -0.3 is 0 Å². The van der Waals surface area contributed by atoms with Gasteiger partial charge in [-0.05, 0) is 6.07 Å². The Hall–Kier alpha value is -1.12. The Morgan fingerprint density at radius 3 is 2.67 bits per heavy atom. The third-order valence-electron chi connectivity index (χ3n) is 1.18. The first kappa shape index (κ1) is 6.01. The molecule has 1 aromatic heterocycles. The van der Waals surface area contributed by atoms with E-state index >= 15 is 0 Å². The minimum atomic E-state index is 0.0509. The molecule has 0 fully saturated rings. The minimum Gasteiger partial charge on any atom is -0.293 e. The van der Waals surface area contributed by atoms with Crippen molar-refractivity contribution in [1.82, 2.24) is 9.78 Å². The molecule has 0 aromatic carbocycles. The molecule has 0 saturated heterocycles. The number of ketones is 1. The zero-order chi connectivity index (χ0) is 6.85. The number of Topliss-reactive ketones (excluding diaryl/α,β-unsaturated/α-hetero) is 1. The van der Waals surface area contributed by atoms with Gasteiger partial charge in [0.25, 0.3) is 0 Å². The van der Waals surface area contributed by atoms with E-state index in [0.29, 0.717) is 5.69 Å². The first-order valence-electron chi connectivity index (χ1n) is 2.71. The zero-order valence-electron chi connectivity index (χ0n) is 5.46. The molecule has 0 unspecified atom stereocenters. The maximum absolute atomic E-state index is 10.7. The number of carbonyl (C=O) groups excluding carboxylic acids is 1. The highest BCUT2D eigenvalue weighted by molar-refractivity contribution is 5.92. The van der Waals surface area contributed by atoms with Gasteiger partial charge in [0, 0.05) is 20.2 Å². The van der Waals surface area contributed by atoms with Crippen molar-refractivity contribution in [3.63, 3.8) is 0 Å². The summed E-state index contributed by atoms with van der Waals surface area (Å²) in [5, 5.41) is 3.83. The smallest absolute Gasteiger partial charge is 0.177 e. The Kier molecular flexibility index (Phi) is 1.34. The third-order valence-corrected chi connectivity index (χ3v) is 1.18. The molecule has 0 aliphatic rings. The van der Waals surface area contributed by atoms with Gasteiger partial charge in [-0.25, -0.2) is 0 Å². The number of rotatable bonds is 1. The Balaban J connectivity index is 3.08. The number of carbonyl (C=O) groups is 1. The molecule has 0 radical (unpaired) electrons. The van der Waals surface area contributed by atoms with E-state index in [9.17, 15) is 4.79 Å². The van der Waals surface area contributed by atoms with E-state index in [1.807, 2.05) is 0 Å². The molecule has 1 aromatic rings. The highest BCUT2D eigenvalue weighted by atomic mass is 16.1. The van der Waals surface area contributed by atoms with Crippen molar-refractivity contribution in [3.8, 4) is 0 Å². The lowest BCUT2D eigenvalue weighted by Gasteiger charge is -1.92. The van der Waals surface area contributed by atoms with Crippen molar-refractivity contribution in [3.05, 3.63) is 18.0 Å². The van der Waals surface area contributed by atoms with Crippen molar-refractivity contribution < 1.29 is 4.79 Å². The normalized spacial score (nSPS) is 9.56. The van der Waals surface area contributed by atoms with Crippen LogP contribution in [-0.2, 0) is 7.05 Å². The van der Waals surface area contributed by atoms with E-state index in [1.54, 1.807) is 24.0 Å². The quantitative estimate of drug-likeness (QED) is 0.514. The monoisotopic (exact) mass is 124 g/mol. The van der Waals surface area contributed by atoms with Crippen molar-refractivity contribution in [2.75, 3.05) is 0 Å². The summed E-state index contributed by atoms with van der Waals surface area (Å²) in [4.78, 5) is 10.7. The fraction of sp³-hybridized carbons (Fsp3) is 0.333. The average molecular weight is 124 g/mol. The van der Waals surface area contributed by atoms with Gasteiger partial charge in [0.2, 0.25) is 0 Å². The first-order valence-corrected chi connectivity index (χ1v) is 2.71. The van der Waals surface area contributed by atoms with Crippen LogP contribution in [0.1, 0.15) is 17.4 Å². The van der Waals surface area contributed by atoms with Crippen molar-refractivity contribution >= 4 is 5.78 Å². The number of aromatic nitrogens is 2. The van der Waals surface area contributed by atoms with Gasteiger partial charge in [-0.1, -0.05) is 0 Å². The molecule has 48 valence electrons. The van der Waals surface area contributed by atoms with Crippen LogP contribution in [0.2, 0.25) is 0 Å². The van der Waals surface area contributed by atoms with Gasteiger partial charge in [0.05, 0.1) is 0 Å². The van der Waals surface area contributed by atoms with E-state index < -0.39 is 0 Å². The molecule has 0 N–H and O–H groups in total. The van der Waals surface area contributed by atoms with Crippen LogP contribution < -0.4 is 0 Å². The fourth-order valence-corrected chi connectivity index (χ4v) is 0.719. The van der Waals surface area contributed by atoms with Gasteiger partial charge in [-0.15, -0.1) is 0 Å². The predicted molar refractivity (Wildman–Crippen MR) is 33.2 cm³/mol. The largest absolute Gasteiger partial charge is 0.293 e. The molecular weight excluding hydrogens is 116 g/mol. The maximum atomic E-state index is 10.7. The van der Waals surface area contributed by atoms with E-state index in [4.69, 9.17) is 0 Å². The SMILES string of the molecule is CC(=O)c1ccnn1C. The Morgan fingerprint density at radius 2 is 2.44 bits per heavy atom. The summed E-state index contributed by atoms with van der Waals surface area (Å²) in [6, 6.07) is 1.70. The number of hydrogen-bond donors (Lipinski definition) is 0. The van der Waals surface area contributed by atoms with Gasteiger partial charge >= 0.3 is 0 Å². The highest BCUT2D eigenvalue weighted by Gasteiger charge is 2.00. The maximum Gasteiger partial charge on any atom is 0.177 e. The van der Waals surface area contributed by atoms with Crippen molar-refractivity contribution in [1.29, 1.82) is 0 Å². The minimum absolute atomic E-state index is 0.0509. The van der Waals surface area contributed by atoms with Gasteiger partial charge in [0.1, 0.15) is 5.69 Å². The average Bonchev–Trinajstić information content (AvgIpc) is 2.13. The summed E-state index contributed by atoms with van der Waals surface area (Å²) in [6.45, 7) is 1.52. The molecule has 0 amide bonds. The Labute approximate surface area is 53.3 Å². The second kappa shape index (κ2) is 2.01. The molecule has 0 spiro atoms. The summed E-state index contributed by atoms with van der Waals surface area (Å²) in [6.07, 6.45) is 1.61. The fourth-order valence-electron chi connectivity index (χ4n) is 0.719.